The molecule has 1 saturated heterocycles. The number of halogens is 2. The van der Waals surface area contributed by atoms with Crippen LogP contribution in [0.25, 0.3) is 0 Å². The van der Waals surface area contributed by atoms with Gasteiger partial charge in [0.05, 0.1) is 0 Å². The topological polar surface area (TPSA) is 21.3 Å². The molecule has 1 heterocycles. The zero-order chi connectivity index (χ0) is 13.8. The van der Waals surface area contributed by atoms with Crippen LogP contribution in [-0.4, -0.2) is 19.2 Å². The Morgan fingerprint density at radius 1 is 1.26 bits per heavy atom. The van der Waals surface area contributed by atoms with Crippen LogP contribution in [0.4, 0.5) is 0 Å². The fraction of sp³-hybridized carbons (Fsp3) is 0.600. The summed E-state index contributed by atoms with van der Waals surface area (Å²) in [6.07, 6.45) is 2.45. The number of nitrogens with one attached hydrogen (secondary N) is 1. The van der Waals surface area contributed by atoms with Crippen molar-refractivity contribution >= 4 is 23.2 Å². The van der Waals surface area contributed by atoms with Crippen LogP contribution in [0.2, 0.25) is 10.0 Å². The Kier molecular flexibility index (Phi) is 5.37. The molecule has 0 bridgehead atoms. The first-order chi connectivity index (χ1) is 9.04. The van der Waals surface area contributed by atoms with E-state index >= 15 is 0 Å². The monoisotopic (exact) mass is 301 g/mol. The third-order valence-electron chi connectivity index (χ3n) is 3.45. The molecule has 106 valence electrons. The minimum Gasteiger partial charge on any atom is -0.490 e. The average Bonchev–Trinajstić information content (AvgIpc) is 2.79. The van der Waals surface area contributed by atoms with Crippen LogP contribution in [0.15, 0.2) is 18.2 Å². The summed E-state index contributed by atoms with van der Waals surface area (Å²) in [5, 5.41) is 4.64. The Bertz CT molecular complexity index is 396. The smallest absolute Gasteiger partial charge is 0.122 e. The summed E-state index contributed by atoms with van der Waals surface area (Å²) in [5.74, 6) is 1.95. The number of benzene rings is 1. The molecule has 1 aliphatic rings. The van der Waals surface area contributed by atoms with Crippen molar-refractivity contribution in [2.75, 3.05) is 13.1 Å². The Hall–Kier alpha value is -0.440. The van der Waals surface area contributed by atoms with Gasteiger partial charge in [0, 0.05) is 22.5 Å². The minimum atomic E-state index is 0.226. The van der Waals surface area contributed by atoms with E-state index < -0.39 is 0 Å². The van der Waals surface area contributed by atoms with Gasteiger partial charge in [-0.1, -0.05) is 37.0 Å². The molecule has 1 N–H and O–H groups in total. The summed E-state index contributed by atoms with van der Waals surface area (Å²) < 4.78 is 6.16. The van der Waals surface area contributed by atoms with Gasteiger partial charge in [-0.15, -0.1) is 0 Å². The molecule has 2 atom stereocenters. The van der Waals surface area contributed by atoms with E-state index in [0.29, 0.717) is 21.9 Å². The van der Waals surface area contributed by atoms with Gasteiger partial charge in [0.2, 0.25) is 0 Å². The van der Waals surface area contributed by atoms with Gasteiger partial charge in [-0.2, -0.15) is 0 Å². The standard InChI is InChI=1S/C15H21Cl2NO/c1-10(2)5-15(11-3-4-18-9-11)19-14-7-12(16)6-13(17)8-14/h6-8,10-11,15,18H,3-5,9H2,1-2H3/t11-,15+/m0/s1. The first-order valence-electron chi connectivity index (χ1n) is 6.88. The summed E-state index contributed by atoms with van der Waals surface area (Å²) in [5.41, 5.74) is 0. The van der Waals surface area contributed by atoms with E-state index in [1.54, 1.807) is 6.07 Å². The molecule has 0 radical (unpaired) electrons. The highest BCUT2D eigenvalue weighted by molar-refractivity contribution is 6.34. The van der Waals surface area contributed by atoms with Crippen LogP contribution < -0.4 is 10.1 Å². The van der Waals surface area contributed by atoms with Crippen molar-refractivity contribution in [1.82, 2.24) is 5.32 Å². The molecule has 19 heavy (non-hydrogen) atoms. The molecule has 0 saturated carbocycles. The lowest BCUT2D eigenvalue weighted by molar-refractivity contribution is 0.119. The maximum Gasteiger partial charge on any atom is 0.122 e. The van der Waals surface area contributed by atoms with Crippen molar-refractivity contribution in [3.63, 3.8) is 0 Å². The Labute approximate surface area is 125 Å². The van der Waals surface area contributed by atoms with E-state index in [4.69, 9.17) is 27.9 Å². The Balaban J connectivity index is 2.09. The number of rotatable bonds is 5. The summed E-state index contributed by atoms with van der Waals surface area (Å²) in [7, 11) is 0. The molecule has 0 aromatic heterocycles. The van der Waals surface area contributed by atoms with Crippen LogP contribution >= 0.6 is 23.2 Å². The van der Waals surface area contributed by atoms with Crippen LogP contribution in [-0.2, 0) is 0 Å². The van der Waals surface area contributed by atoms with E-state index in [0.717, 1.165) is 25.3 Å². The second-order valence-electron chi connectivity index (χ2n) is 5.64. The van der Waals surface area contributed by atoms with Gasteiger partial charge in [-0.25, -0.2) is 0 Å². The van der Waals surface area contributed by atoms with Crippen LogP contribution in [0.1, 0.15) is 26.7 Å². The predicted molar refractivity (Wildman–Crippen MR) is 81.3 cm³/mol. The molecule has 4 heteroatoms. The van der Waals surface area contributed by atoms with Crippen molar-refractivity contribution < 1.29 is 4.74 Å². The average molecular weight is 302 g/mol. The highest BCUT2D eigenvalue weighted by Crippen LogP contribution is 2.29. The van der Waals surface area contributed by atoms with E-state index in [-0.39, 0.29) is 6.10 Å². The molecular weight excluding hydrogens is 281 g/mol. The number of hydrogen-bond donors (Lipinski definition) is 1. The SMILES string of the molecule is CC(C)C[C@@H](Oc1cc(Cl)cc(Cl)c1)[C@H]1CCNC1. The molecule has 2 rings (SSSR count). The second kappa shape index (κ2) is 6.83. The summed E-state index contributed by atoms with van der Waals surface area (Å²) in [6, 6.07) is 5.40. The minimum absolute atomic E-state index is 0.226. The first kappa shape index (κ1) is 15.0. The highest BCUT2D eigenvalue weighted by Gasteiger charge is 2.27. The van der Waals surface area contributed by atoms with E-state index in [1.165, 1.54) is 6.42 Å². The summed E-state index contributed by atoms with van der Waals surface area (Å²) in [4.78, 5) is 0. The van der Waals surface area contributed by atoms with Gasteiger partial charge >= 0.3 is 0 Å². The van der Waals surface area contributed by atoms with Gasteiger partial charge in [-0.3, -0.25) is 0 Å². The molecular formula is C15H21Cl2NO. The van der Waals surface area contributed by atoms with Crippen LogP contribution in [0.3, 0.4) is 0 Å². The first-order valence-corrected chi connectivity index (χ1v) is 7.63. The highest BCUT2D eigenvalue weighted by atomic mass is 35.5. The molecule has 1 aliphatic heterocycles. The van der Waals surface area contributed by atoms with Crippen molar-refractivity contribution in [2.24, 2.45) is 11.8 Å². The number of ether oxygens (including phenoxy) is 1. The molecule has 0 unspecified atom stereocenters. The molecule has 1 aromatic carbocycles. The largest absolute Gasteiger partial charge is 0.490 e. The predicted octanol–water partition coefficient (Wildman–Crippen LogP) is 4.40. The summed E-state index contributed by atoms with van der Waals surface area (Å²) in [6.45, 7) is 6.57. The molecule has 0 aliphatic carbocycles. The van der Waals surface area contributed by atoms with Crippen molar-refractivity contribution in [1.29, 1.82) is 0 Å². The third kappa shape index (κ3) is 4.55. The van der Waals surface area contributed by atoms with Crippen LogP contribution in [0.5, 0.6) is 5.75 Å². The van der Waals surface area contributed by atoms with Gasteiger partial charge in [0.15, 0.2) is 0 Å². The zero-order valence-electron chi connectivity index (χ0n) is 11.5. The molecule has 0 amide bonds. The molecule has 0 spiro atoms. The van der Waals surface area contributed by atoms with E-state index in [1.807, 2.05) is 12.1 Å². The fourth-order valence-corrected chi connectivity index (χ4v) is 3.07. The van der Waals surface area contributed by atoms with Gasteiger partial charge in [-0.05, 0) is 43.5 Å². The Morgan fingerprint density at radius 3 is 2.47 bits per heavy atom. The molecule has 1 fully saturated rings. The van der Waals surface area contributed by atoms with Crippen LogP contribution in [0, 0.1) is 11.8 Å². The van der Waals surface area contributed by atoms with Gasteiger partial charge in [0.25, 0.3) is 0 Å². The maximum atomic E-state index is 6.16. The fourth-order valence-electron chi connectivity index (χ4n) is 2.57. The lowest BCUT2D eigenvalue weighted by Gasteiger charge is -2.26. The van der Waals surface area contributed by atoms with E-state index in [2.05, 4.69) is 19.2 Å². The third-order valence-corrected chi connectivity index (χ3v) is 3.89. The summed E-state index contributed by atoms with van der Waals surface area (Å²) >= 11 is 12.0. The van der Waals surface area contributed by atoms with Gasteiger partial charge < -0.3 is 10.1 Å². The Morgan fingerprint density at radius 2 is 1.95 bits per heavy atom. The number of hydrogen-bond acceptors (Lipinski definition) is 2. The zero-order valence-corrected chi connectivity index (χ0v) is 13.0. The normalized spacial score (nSPS) is 20.8. The maximum absolute atomic E-state index is 6.16. The molecule has 1 aromatic rings. The van der Waals surface area contributed by atoms with Crippen molar-refractivity contribution in [3.05, 3.63) is 28.2 Å². The van der Waals surface area contributed by atoms with Gasteiger partial charge in [0.1, 0.15) is 11.9 Å². The van der Waals surface area contributed by atoms with E-state index in [9.17, 15) is 0 Å². The quantitative estimate of drug-likeness (QED) is 0.870. The second-order valence-corrected chi connectivity index (χ2v) is 6.52. The van der Waals surface area contributed by atoms with Crippen molar-refractivity contribution in [2.45, 2.75) is 32.8 Å². The van der Waals surface area contributed by atoms with Crippen molar-refractivity contribution in [3.8, 4) is 5.75 Å². The molecule has 2 nitrogen and oxygen atoms in total. The lowest BCUT2D eigenvalue weighted by Crippen LogP contribution is -2.30. The lowest BCUT2D eigenvalue weighted by atomic mass is 9.93.